The van der Waals surface area contributed by atoms with Crippen LogP contribution >= 0.6 is 0 Å². The van der Waals surface area contributed by atoms with Gasteiger partial charge in [-0.1, -0.05) is 12.1 Å². The lowest BCUT2D eigenvalue weighted by atomic mass is 9.90. The zero-order valence-electron chi connectivity index (χ0n) is 19.7. The smallest absolute Gasteiger partial charge is 0.229 e. The maximum Gasteiger partial charge on any atom is 0.229 e. The number of aryl methyl sites for hydroxylation is 1. The molecule has 0 bridgehead atoms. The minimum absolute atomic E-state index is 0.0255. The zero-order chi connectivity index (χ0) is 26.0. The minimum atomic E-state index is -1.59. The molecule has 0 spiro atoms. The minimum Gasteiger partial charge on any atom is -0.504 e. The van der Waals surface area contributed by atoms with E-state index in [0.29, 0.717) is 24.0 Å². The summed E-state index contributed by atoms with van der Waals surface area (Å²) in [5.74, 6) is 0.176. The molecule has 7 atom stereocenters. The number of hydrogen-bond acceptors (Lipinski definition) is 11. The summed E-state index contributed by atoms with van der Waals surface area (Å²) in [6.07, 6.45) is -6.71. The van der Waals surface area contributed by atoms with E-state index >= 15 is 0 Å². The molecule has 1 saturated heterocycles. The van der Waals surface area contributed by atoms with E-state index < -0.39 is 49.3 Å². The van der Waals surface area contributed by atoms with Crippen LogP contribution in [0.15, 0.2) is 30.3 Å². The number of aliphatic hydroxyl groups is 6. The highest BCUT2D eigenvalue weighted by Crippen LogP contribution is 2.51. The molecule has 0 aromatic heterocycles. The van der Waals surface area contributed by atoms with E-state index in [0.717, 1.165) is 5.56 Å². The van der Waals surface area contributed by atoms with Crippen LogP contribution in [0, 0.1) is 0 Å². The summed E-state index contributed by atoms with van der Waals surface area (Å²) in [6, 6.07) is 8.29. The zero-order valence-corrected chi connectivity index (χ0v) is 19.7. The molecule has 2 aliphatic heterocycles. The van der Waals surface area contributed by atoms with Gasteiger partial charge in [-0.15, -0.1) is 0 Å². The second-order valence-electron chi connectivity index (χ2n) is 8.91. The molecule has 0 amide bonds. The number of phenolic OH excluding ortho intramolecular Hbond substituents is 1. The summed E-state index contributed by atoms with van der Waals surface area (Å²) in [7, 11) is 1.41. The molecule has 0 radical (unpaired) electrons. The predicted octanol–water partition coefficient (Wildman–Crippen LogP) is -0.286. The average Bonchev–Trinajstić information content (AvgIpc) is 3.27. The van der Waals surface area contributed by atoms with Gasteiger partial charge in [-0.25, -0.2) is 0 Å². The molecule has 11 nitrogen and oxygen atoms in total. The molecule has 1 unspecified atom stereocenters. The Kier molecular flexibility index (Phi) is 8.20. The van der Waals surface area contributed by atoms with Gasteiger partial charge in [0.1, 0.15) is 30.5 Å². The Morgan fingerprint density at radius 3 is 2.36 bits per heavy atom. The van der Waals surface area contributed by atoms with E-state index in [9.17, 15) is 30.6 Å². The fourth-order valence-electron chi connectivity index (χ4n) is 4.64. The first-order valence-corrected chi connectivity index (χ1v) is 11.7. The van der Waals surface area contributed by atoms with Gasteiger partial charge in [-0.05, 0) is 42.2 Å². The molecule has 2 heterocycles. The lowest BCUT2D eigenvalue weighted by Crippen LogP contribution is -2.60. The number of aliphatic hydroxyl groups excluding tert-OH is 6. The highest BCUT2D eigenvalue weighted by molar-refractivity contribution is 5.55. The van der Waals surface area contributed by atoms with Crippen molar-refractivity contribution in [2.75, 3.05) is 26.9 Å². The molecule has 0 aliphatic carbocycles. The van der Waals surface area contributed by atoms with Crippen LogP contribution in [0.1, 0.15) is 35.1 Å². The van der Waals surface area contributed by atoms with Crippen LogP contribution in [0.4, 0.5) is 0 Å². The van der Waals surface area contributed by atoms with Crippen molar-refractivity contribution in [2.24, 2.45) is 0 Å². The van der Waals surface area contributed by atoms with Crippen molar-refractivity contribution in [3.05, 3.63) is 47.0 Å². The lowest BCUT2D eigenvalue weighted by Gasteiger charge is -2.39. The van der Waals surface area contributed by atoms with Gasteiger partial charge in [0.15, 0.2) is 23.0 Å². The van der Waals surface area contributed by atoms with Gasteiger partial charge in [0.05, 0.1) is 26.2 Å². The number of methoxy groups -OCH3 is 1. The van der Waals surface area contributed by atoms with Crippen molar-refractivity contribution in [1.82, 2.24) is 0 Å². The predicted molar refractivity (Wildman–Crippen MR) is 124 cm³/mol. The van der Waals surface area contributed by atoms with Gasteiger partial charge in [-0.3, -0.25) is 0 Å². The maximum absolute atomic E-state index is 10.5. The summed E-state index contributed by atoms with van der Waals surface area (Å²) in [4.78, 5) is 0. The second kappa shape index (κ2) is 11.2. The van der Waals surface area contributed by atoms with Gasteiger partial charge in [0, 0.05) is 12.2 Å². The molecule has 36 heavy (non-hydrogen) atoms. The van der Waals surface area contributed by atoms with Crippen LogP contribution in [0.25, 0.3) is 0 Å². The summed E-state index contributed by atoms with van der Waals surface area (Å²) in [6.45, 7) is -0.804. The summed E-state index contributed by atoms with van der Waals surface area (Å²) >= 11 is 0. The normalized spacial score (nSPS) is 29.5. The van der Waals surface area contributed by atoms with Gasteiger partial charge in [0.2, 0.25) is 6.29 Å². The van der Waals surface area contributed by atoms with Crippen LogP contribution in [0.3, 0.4) is 0 Å². The number of ether oxygens (including phenoxy) is 4. The molecule has 1 fully saturated rings. The molecule has 7 N–H and O–H groups in total. The highest BCUT2D eigenvalue weighted by atomic mass is 16.7. The topological polar surface area (TPSA) is 179 Å². The van der Waals surface area contributed by atoms with Gasteiger partial charge in [-0.2, -0.15) is 0 Å². The third-order valence-electron chi connectivity index (χ3n) is 6.60. The third-order valence-corrected chi connectivity index (χ3v) is 6.60. The van der Waals surface area contributed by atoms with Crippen LogP contribution < -0.4 is 14.2 Å². The van der Waals surface area contributed by atoms with E-state index in [1.165, 1.54) is 7.11 Å². The van der Waals surface area contributed by atoms with Gasteiger partial charge >= 0.3 is 0 Å². The first kappa shape index (κ1) is 26.4. The van der Waals surface area contributed by atoms with Crippen molar-refractivity contribution in [3.63, 3.8) is 0 Å². The lowest BCUT2D eigenvalue weighted by molar-refractivity contribution is -0.277. The summed E-state index contributed by atoms with van der Waals surface area (Å²) in [5, 5.41) is 69.4. The van der Waals surface area contributed by atoms with Crippen molar-refractivity contribution in [1.29, 1.82) is 0 Å². The molecular weight excluding hydrogens is 476 g/mol. The number of rotatable bonds is 9. The van der Waals surface area contributed by atoms with Crippen molar-refractivity contribution < 1.29 is 54.7 Å². The maximum atomic E-state index is 10.5. The van der Waals surface area contributed by atoms with Gasteiger partial charge < -0.3 is 54.7 Å². The highest BCUT2D eigenvalue weighted by Gasteiger charge is 2.45. The fourth-order valence-corrected chi connectivity index (χ4v) is 4.64. The first-order chi connectivity index (χ1) is 17.3. The SMILES string of the molecule is COc1cc([C@H]2Oc3c(O)cc(CCCO)cc3[C@@H]2CO)ccc1OC1O[C@H](CO)[C@@H](O)[C@H](O)[C@H]1O. The van der Waals surface area contributed by atoms with Crippen LogP contribution in [-0.2, 0) is 11.2 Å². The Bertz CT molecular complexity index is 1040. The van der Waals surface area contributed by atoms with Crippen molar-refractivity contribution >= 4 is 0 Å². The molecule has 198 valence electrons. The van der Waals surface area contributed by atoms with Crippen LogP contribution in [0.2, 0.25) is 0 Å². The van der Waals surface area contributed by atoms with Gasteiger partial charge in [0.25, 0.3) is 0 Å². The molecule has 2 aromatic rings. The van der Waals surface area contributed by atoms with E-state index in [4.69, 9.17) is 24.1 Å². The largest absolute Gasteiger partial charge is 0.504 e. The Labute approximate surface area is 207 Å². The standard InChI is InChI=1S/C25H32O11/c1-33-18-9-13(4-5-17(18)34-25-22(32)21(31)20(30)19(11-28)35-25)23-15(10-27)14-7-12(3-2-6-26)8-16(29)24(14)36-23/h4-5,7-9,15,19-23,25-32H,2-3,6,10-11H2,1H3/t15-,19+,20+,21-,22+,23+,25?/m0/s1. The van der Waals surface area contributed by atoms with E-state index in [1.54, 1.807) is 24.3 Å². The van der Waals surface area contributed by atoms with Crippen LogP contribution in [0.5, 0.6) is 23.0 Å². The fraction of sp³-hybridized carbons (Fsp3) is 0.520. The molecule has 4 rings (SSSR count). The molecule has 0 saturated carbocycles. The molecule has 11 heteroatoms. The number of fused-ring (bicyclic) bond motifs is 1. The molecule has 2 aliphatic rings. The average molecular weight is 509 g/mol. The molecular formula is C25H32O11. The number of benzene rings is 2. The Morgan fingerprint density at radius 1 is 0.917 bits per heavy atom. The third kappa shape index (κ3) is 4.96. The summed E-state index contributed by atoms with van der Waals surface area (Å²) in [5.41, 5.74) is 2.11. The Morgan fingerprint density at radius 2 is 1.69 bits per heavy atom. The summed E-state index contributed by atoms with van der Waals surface area (Å²) < 4.78 is 22.6. The van der Waals surface area contributed by atoms with Crippen LogP contribution in [-0.4, -0.2) is 93.4 Å². The first-order valence-electron chi connectivity index (χ1n) is 11.7. The number of phenols is 1. The van der Waals surface area contributed by atoms with E-state index in [1.807, 2.05) is 6.07 Å². The Hall–Kier alpha value is -2.64. The molecule has 2 aromatic carbocycles. The number of aromatic hydroxyl groups is 1. The number of hydrogen-bond donors (Lipinski definition) is 7. The van der Waals surface area contributed by atoms with E-state index in [2.05, 4.69) is 0 Å². The quantitative estimate of drug-likeness (QED) is 0.237. The van der Waals surface area contributed by atoms with E-state index in [-0.39, 0.29) is 36.2 Å². The Balaban J connectivity index is 1.58. The monoisotopic (exact) mass is 508 g/mol. The van der Waals surface area contributed by atoms with Crippen molar-refractivity contribution in [2.45, 2.75) is 55.6 Å². The second-order valence-corrected chi connectivity index (χ2v) is 8.91. The van der Waals surface area contributed by atoms with Crippen molar-refractivity contribution in [3.8, 4) is 23.0 Å².